The van der Waals surface area contributed by atoms with E-state index in [2.05, 4.69) is 17.9 Å². The molecule has 1 N–H and O–H groups in total. The highest BCUT2D eigenvalue weighted by atomic mass is 32.1. The molecule has 1 saturated heterocycles. The molecule has 10 heteroatoms. The molecule has 0 spiro atoms. The van der Waals surface area contributed by atoms with Gasteiger partial charge in [-0.1, -0.05) is 0 Å². The van der Waals surface area contributed by atoms with Crippen LogP contribution in [0.15, 0.2) is 0 Å². The molecule has 5 atom stereocenters. The molecule has 0 radical (unpaired) electrons. The van der Waals surface area contributed by atoms with Gasteiger partial charge in [-0.05, 0) is 0 Å². The first-order chi connectivity index (χ1) is 11.1. The lowest BCUT2D eigenvalue weighted by Crippen LogP contribution is -2.64. The van der Waals surface area contributed by atoms with Gasteiger partial charge in [-0.25, -0.2) is 0 Å². The maximum Gasteiger partial charge on any atom is 0.303 e. The van der Waals surface area contributed by atoms with Crippen LogP contribution in [-0.2, 0) is 38.1 Å². The number of amides is 1. The average Bonchev–Trinajstić information content (AvgIpc) is 2.42. The summed E-state index contributed by atoms with van der Waals surface area (Å²) >= 11 is 4.24. The molecule has 0 aromatic carbocycles. The Morgan fingerprint density at radius 1 is 0.958 bits per heavy atom. The predicted octanol–water partition coefficient (Wildman–Crippen LogP) is -0.428. The second kappa shape index (κ2) is 8.88. The van der Waals surface area contributed by atoms with Gasteiger partial charge in [-0.2, -0.15) is 0 Å². The van der Waals surface area contributed by atoms with Crippen molar-refractivity contribution >= 4 is 36.4 Å². The summed E-state index contributed by atoms with van der Waals surface area (Å²) in [5.41, 5.74) is -0.870. The molecule has 0 aromatic rings. The van der Waals surface area contributed by atoms with Crippen molar-refractivity contribution < 1.29 is 38.1 Å². The lowest BCUT2D eigenvalue weighted by Gasteiger charge is -2.43. The number of esters is 3. The van der Waals surface area contributed by atoms with Crippen molar-refractivity contribution in [1.82, 2.24) is 5.32 Å². The molecular formula is C14H21NO8S. The monoisotopic (exact) mass is 363 g/mol. The highest BCUT2D eigenvalue weighted by molar-refractivity contribution is 7.80. The zero-order chi connectivity index (χ0) is 18.4. The van der Waals surface area contributed by atoms with E-state index in [9.17, 15) is 19.2 Å². The maximum atomic E-state index is 11.4. The van der Waals surface area contributed by atoms with Gasteiger partial charge in [0, 0.05) is 27.7 Å². The Hall–Kier alpha value is -1.81. The van der Waals surface area contributed by atoms with Crippen molar-refractivity contribution in [3.05, 3.63) is 0 Å². The Balaban J connectivity index is 3.11. The fourth-order valence-corrected chi connectivity index (χ4v) is 2.71. The number of hydrogen-bond acceptors (Lipinski definition) is 9. The molecule has 0 aliphatic carbocycles. The van der Waals surface area contributed by atoms with Gasteiger partial charge in [0.2, 0.25) is 5.91 Å². The third-order valence-electron chi connectivity index (χ3n) is 3.09. The Bertz CT molecular complexity index is 511. The molecule has 1 fully saturated rings. The van der Waals surface area contributed by atoms with Gasteiger partial charge >= 0.3 is 17.9 Å². The van der Waals surface area contributed by atoms with Crippen molar-refractivity contribution in [3.8, 4) is 0 Å². The van der Waals surface area contributed by atoms with Gasteiger partial charge < -0.3 is 24.3 Å². The van der Waals surface area contributed by atoms with Crippen molar-refractivity contribution in [2.24, 2.45) is 0 Å². The molecule has 1 heterocycles. The summed E-state index contributed by atoms with van der Waals surface area (Å²) in [6, 6.07) is -0.854. The number of ether oxygens (including phenoxy) is 4. The summed E-state index contributed by atoms with van der Waals surface area (Å²) in [6.45, 7) is 4.62. The van der Waals surface area contributed by atoms with Crippen LogP contribution in [0.3, 0.4) is 0 Å². The Morgan fingerprint density at radius 2 is 1.50 bits per heavy atom. The molecule has 0 aromatic heterocycles. The van der Waals surface area contributed by atoms with Gasteiger partial charge in [0.15, 0.2) is 12.2 Å². The van der Waals surface area contributed by atoms with Crippen LogP contribution in [0.4, 0.5) is 0 Å². The zero-order valence-electron chi connectivity index (χ0n) is 13.8. The van der Waals surface area contributed by atoms with Gasteiger partial charge in [-0.15, -0.1) is 12.6 Å². The second-order valence-electron chi connectivity index (χ2n) is 5.24. The average molecular weight is 363 g/mol. The fraction of sp³-hybridized carbons (Fsp3) is 0.714. The number of nitrogens with one attached hydrogen (secondary N) is 1. The molecule has 0 bridgehead atoms. The molecule has 9 nitrogen and oxygen atoms in total. The zero-order valence-corrected chi connectivity index (χ0v) is 14.7. The van der Waals surface area contributed by atoms with Crippen LogP contribution in [-0.4, -0.2) is 60.2 Å². The number of rotatable bonds is 5. The second-order valence-corrected chi connectivity index (χ2v) is 5.75. The summed E-state index contributed by atoms with van der Waals surface area (Å²) in [7, 11) is 0. The van der Waals surface area contributed by atoms with E-state index in [1.807, 2.05) is 0 Å². The summed E-state index contributed by atoms with van der Waals surface area (Å²) in [5, 5.41) is 2.56. The van der Waals surface area contributed by atoms with E-state index >= 15 is 0 Å². The van der Waals surface area contributed by atoms with E-state index in [0.717, 1.165) is 0 Å². The number of thiol groups is 1. The molecular weight excluding hydrogens is 342 g/mol. The Labute approximate surface area is 144 Å². The van der Waals surface area contributed by atoms with Crippen molar-refractivity contribution in [1.29, 1.82) is 0 Å². The number of carbonyl (C=O) groups excluding carboxylic acids is 4. The molecule has 1 amide bonds. The SMILES string of the molecule is CC(=O)NC1[C@H](S)OC(COC(C)=O)[C@H](OC(C)=O)[C@H]1OC(C)=O. The van der Waals surface area contributed by atoms with Crippen LogP contribution in [0.25, 0.3) is 0 Å². The largest absolute Gasteiger partial charge is 0.463 e. The predicted molar refractivity (Wildman–Crippen MR) is 83.0 cm³/mol. The van der Waals surface area contributed by atoms with E-state index in [0.29, 0.717) is 0 Å². The van der Waals surface area contributed by atoms with Gasteiger partial charge in [0.25, 0.3) is 0 Å². The highest BCUT2D eigenvalue weighted by Crippen LogP contribution is 2.28. The molecule has 0 saturated carbocycles. The normalized spacial score (nSPS) is 29.3. The molecule has 1 aliphatic heterocycles. The van der Waals surface area contributed by atoms with Crippen LogP contribution < -0.4 is 5.32 Å². The van der Waals surface area contributed by atoms with E-state index in [1.54, 1.807) is 0 Å². The lowest BCUT2D eigenvalue weighted by molar-refractivity contribution is -0.211. The quantitative estimate of drug-likeness (QED) is 0.384. The summed E-state index contributed by atoms with van der Waals surface area (Å²) in [4.78, 5) is 45.2. The topological polar surface area (TPSA) is 117 Å². The van der Waals surface area contributed by atoms with E-state index < -0.39 is 53.6 Å². The van der Waals surface area contributed by atoms with E-state index in [-0.39, 0.29) is 6.61 Å². The molecule has 24 heavy (non-hydrogen) atoms. The van der Waals surface area contributed by atoms with Crippen LogP contribution in [0.5, 0.6) is 0 Å². The minimum atomic E-state index is -1.08. The van der Waals surface area contributed by atoms with E-state index in [4.69, 9.17) is 18.9 Å². The van der Waals surface area contributed by atoms with Gasteiger partial charge in [-0.3, -0.25) is 19.2 Å². The van der Waals surface area contributed by atoms with Crippen LogP contribution in [0.1, 0.15) is 27.7 Å². The van der Waals surface area contributed by atoms with Crippen LogP contribution in [0.2, 0.25) is 0 Å². The highest BCUT2D eigenvalue weighted by Gasteiger charge is 2.49. The molecule has 136 valence electrons. The van der Waals surface area contributed by atoms with Crippen molar-refractivity contribution in [3.63, 3.8) is 0 Å². The fourth-order valence-electron chi connectivity index (χ4n) is 2.31. The lowest BCUT2D eigenvalue weighted by atomic mass is 9.97. The number of hydrogen-bond donors (Lipinski definition) is 2. The first-order valence-corrected chi connectivity index (χ1v) is 7.72. The molecule has 1 aliphatic rings. The van der Waals surface area contributed by atoms with Crippen molar-refractivity contribution in [2.45, 2.75) is 57.5 Å². The summed E-state index contributed by atoms with van der Waals surface area (Å²) in [5.74, 6) is -2.24. The Kier molecular flexibility index (Phi) is 7.49. The van der Waals surface area contributed by atoms with Crippen LogP contribution >= 0.6 is 12.6 Å². The molecule has 2 unspecified atom stereocenters. The minimum Gasteiger partial charge on any atom is -0.463 e. The first kappa shape index (κ1) is 20.2. The first-order valence-electron chi connectivity index (χ1n) is 7.20. The van der Waals surface area contributed by atoms with Gasteiger partial charge in [0.05, 0.1) is 0 Å². The number of carbonyl (C=O) groups is 4. The van der Waals surface area contributed by atoms with Gasteiger partial charge in [0.1, 0.15) is 24.2 Å². The standard InChI is InChI=1S/C14H21NO8S/c1-6(16)15-11-13(22-9(4)19)12(21-8(3)18)10(23-14(11)24)5-20-7(2)17/h10-14,24H,5H2,1-4H3,(H,15,16)/t10?,11?,12-,13-,14-/m0/s1. The third kappa shape index (κ3) is 6.00. The molecule has 1 rings (SSSR count). The smallest absolute Gasteiger partial charge is 0.303 e. The van der Waals surface area contributed by atoms with Crippen LogP contribution in [0, 0.1) is 0 Å². The Morgan fingerprint density at radius 3 is 1.96 bits per heavy atom. The van der Waals surface area contributed by atoms with Crippen molar-refractivity contribution in [2.75, 3.05) is 6.61 Å². The van der Waals surface area contributed by atoms with E-state index in [1.165, 1.54) is 27.7 Å². The minimum absolute atomic E-state index is 0.227. The maximum absolute atomic E-state index is 11.4. The third-order valence-corrected chi connectivity index (χ3v) is 3.53. The summed E-state index contributed by atoms with van der Waals surface area (Å²) < 4.78 is 20.9. The summed E-state index contributed by atoms with van der Waals surface area (Å²) in [6.07, 6.45) is -3.03.